The SMILES string of the molecule is CCN(Cc1ccccc1)c1cc(C(=O)NC2CC2)nc(-c2ccccc2)n1. The van der Waals surface area contributed by atoms with Crippen molar-refractivity contribution in [1.29, 1.82) is 0 Å². The molecule has 142 valence electrons. The van der Waals surface area contributed by atoms with E-state index in [1.54, 1.807) is 6.07 Å². The van der Waals surface area contributed by atoms with Crippen molar-refractivity contribution in [3.05, 3.63) is 78.0 Å². The Balaban J connectivity index is 1.70. The summed E-state index contributed by atoms with van der Waals surface area (Å²) in [5.41, 5.74) is 2.52. The molecule has 1 aliphatic carbocycles. The molecule has 1 aliphatic rings. The van der Waals surface area contributed by atoms with Gasteiger partial charge in [-0.05, 0) is 25.3 Å². The van der Waals surface area contributed by atoms with Crippen LogP contribution in [0.3, 0.4) is 0 Å². The highest BCUT2D eigenvalue weighted by Gasteiger charge is 2.25. The number of benzene rings is 2. The summed E-state index contributed by atoms with van der Waals surface area (Å²) >= 11 is 0. The van der Waals surface area contributed by atoms with E-state index in [4.69, 9.17) is 4.98 Å². The van der Waals surface area contributed by atoms with Crippen molar-refractivity contribution in [3.63, 3.8) is 0 Å². The normalized spacial score (nSPS) is 13.2. The van der Waals surface area contributed by atoms with Gasteiger partial charge in [-0.25, -0.2) is 9.97 Å². The van der Waals surface area contributed by atoms with E-state index in [9.17, 15) is 4.79 Å². The van der Waals surface area contributed by atoms with E-state index in [2.05, 4.69) is 34.3 Å². The molecule has 2 aromatic carbocycles. The number of aromatic nitrogens is 2. The van der Waals surface area contributed by atoms with Gasteiger partial charge in [0.25, 0.3) is 5.91 Å². The van der Waals surface area contributed by atoms with Gasteiger partial charge in [0, 0.05) is 30.8 Å². The Bertz CT molecular complexity index is 939. The van der Waals surface area contributed by atoms with Crippen LogP contribution in [0.25, 0.3) is 11.4 Å². The molecule has 1 fully saturated rings. The van der Waals surface area contributed by atoms with Gasteiger partial charge in [0.1, 0.15) is 11.5 Å². The molecule has 28 heavy (non-hydrogen) atoms. The molecule has 0 radical (unpaired) electrons. The molecule has 0 aliphatic heterocycles. The van der Waals surface area contributed by atoms with Gasteiger partial charge >= 0.3 is 0 Å². The van der Waals surface area contributed by atoms with E-state index >= 15 is 0 Å². The fourth-order valence-corrected chi connectivity index (χ4v) is 3.07. The van der Waals surface area contributed by atoms with Crippen molar-refractivity contribution in [2.24, 2.45) is 0 Å². The van der Waals surface area contributed by atoms with Crippen LogP contribution in [0.4, 0.5) is 5.82 Å². The monoisotopic (exact) mass is 372 g/mol. The van der Waals surface area contributed by atoms with Crippen LogP contribution in [0.1, 0.15) is 35.8 Å². The molecular weight excluding hydrogens is 348 g/mol. The molecule has 1 heterocycles. The van der Waals surface area contributed by atoms with Gasteiger partial charge in [0.15, 0.2) is 5.82 Å². The van der Waals surface area contributed by atoms with Crippen LogP contribution in [0.5, 0.6) is 0 Å². The van der Waals surface area contributed by atoms with Crippen LogP contribution >= 0.6 is 0 Å². The minimum atomic E-state index is -0.126. The smallest absolute Gasteiger partial charge is 0.270 e. The van der Waals surface area contributed by atoms with Crippen LogP contribution in [0.2, 0.25) is 0 Å². The Hall–Kier alpha value is -3.21. The largest absolute Gasteiger partial charge is 0.352 e. The molecule has 4 rings (SSSR count). The number of carbonyl (C=O) groups is 1. The highest BCUT2D eigenvalue weighted by Crippen LogP contribution is 2.23. The molecule has 5 heteroatoms. The fourth-order valence-electron chi connectivity index (χ4n) is 3.07. The topological polar surface area (TPSA) is 58.1 Å². The molecule has 3 aromatic rings. The Morgan fingerprint density at radius 3 is 2.36 bits per heavy atom. The quantitative estimate of drug-likeness (QED) is 0.679. The molecule has 0 bridgehead atoms. The van der Waals surface area contributed by atoms with E-state index in [-0.39, 0.29) is 11.9 Å². The Labute approximate surface area is 165 Å². The second-order valence-electron chi connectivity index (χ2n) is 7.05. The van der Waals surface area contributed by atoms with Gasteiger partial charge < -0.3 is 10.2 Å². The van der Waals surface area contributed by atoms with Crippen molar-refractivity contribution in [3.8, 4) is 11.4 Å². The molecular formula is C23H24N4O. The number of hydrogen-bond donors (Lipinski definition) is 1. The number of amides is 1. The maximum Gasteiger partial charge on any atom is 0.270 e. The molecule has 1 saturated carbocycles. The average Bonchev–Trinajstić information content (AvgIpc) is 3.57. The van der Waals surface area contributed by atoms with Crippen LogP contribution in [-0.2, 0) is 6.54 Å². The minimum Gasteiger partial charge on any atom is -0.352 e. The predicted octanol–water partition coefficient (Wildman–Crippen LogP) is 4.06. The number of carbonyl (C=O) groups excluding carboxylic acids is 1. The fraction of sp³-hybridized carbons (Fsp3) is 0.261. The molecule has 0 saturated heterocycles. The van der Waals surface area contributed by atoms with Gasteiger partial charge in [-0.2, -0.15) is 0 Å². The van der Waals surface area contributed by atoms with Crippen molar-refractivity contribution in [2.75, 3.05) is 11.4 Å². The first-order valence-corrected chi connectivity index (χ1v) is 9.77. The summed E-state index contributed by atoms with van der Waals surface area (Å²) in [5.74, 6) is 1.21. The molecule has 1 amide bonds. The predicted molar refractivity (Wildman–Crippen MR) is 111 cm³/mol. The maximum atomic E-state index is 12.7. The third-order valence-electron chi connectivity index (χ3n) is 4.81. The van der Waals surface area contributed by atoms with Gasteiger partial charge in [-0.3, -0.25) is 4.79 Å². The third-order valence-corrected chi connectivity index (χ3v) is 4.81. The second-order valence-corrected chi connectivity index (χ2v) is 7.05. The first-order valence-electron chi connectivity index (χ1n) is 9.77. The lowest BCUT2D eigenvalue weighted by atomic mass is 10.2. The van der Waals surface area contributed by atoms with Gasteiger partial charge in [0.05, 0.1) is 0 Å². The summed E-state index contributed by atoms with van der Waals surface area (Å²) in [6.07, 6.45) is 2.09. The zero-order chi connectivity index (χ0) is 19.3. The zero-order valence-electron chi connectivity index (χ0n) is 16.0. The molecule has 1 N–H and O–H groups in total. The summed E-state index contributed by atoms with van der Waals surface area (Å²) in [6.45, 7) is 3.60. The van der Waals surface area contributed by atoms with Crippen LogP contribution in [0, 0.1) is 0 Å². The van der Waals surface area contributed by atoms with Crippen molar-refractivity contribution >= 4 is 11.7 Å². The molecule has 0 unspecified atom stereocenters. The van der Waals surface area contributed by atoms with Crippen LogP contribution < -0.4 is 10.2 Å². The van der Waals surface area contributed by atoms with Gasteiger partial charge in [-0.15, -0.1) is 0 Å². The standard InChI is InChI=1S/C23H24N4O/c1-2-27(16-17-9-5-3-6-10-17)21-15-20(23(28)24-19-13-14-19)25-22(26-21)18-11-7-4-8-12-18/h3-12,15,19H,2,13-14,16H2,1H3,(H,24,28). The summed E-state index contributed by atoms with van der Waals surface area (Å²) in [5, 5.41) is 3.03. The first-order chi connectivity index (χ1) is 13.7. The van der Waals surface area contributed by atoms with E-state index < -0.39 is 0 Å². The number of hydrogen-bond acceptors (Lipinski definition) is 4. The Kier molecular flexibility index (Phi) is 5.33. The zero-order valence-corrected chi connectivity index (χ0v) is 16.0. The summed E-state index contributed by atoms with van der Waals surface area (Å²) in [7, 11) is 0. The minimum absolute atomic E-state index is 0.126. The number of anilines is 1. The van der Waals surface area contributed by atoms with E-state index in [1.165, 1.54) is 5.56 Å². The highest BCUT2D eigenvalue weighted by atomic mass is 16.2. The van der Waals surface area contributed by atoms with Crippen molar-refractivity contribution < 1.29 is 4.79 Å². The molecule has 0 spiro atoms. The lowest BCUT2D eigenvalue weighted by Crippen LogP contribution is -2.28. The second kappa shape index (κ2) is 8.21. The Morgan fingerprint density at radius 2 is 1.71 bits per heavy atom. The Morgan fingerprint density at radius 1 is 1.04 bits per heavy atom. The number of nitrogens with one attached hydrogen (secondary N) is 1. The van der Waals surface area contributed by atoms with Gasteiger partial charge in [0.2, 0.25) is 0 Å². The van der Waals surface area contributed by atoms with Crippen molar-refractivity contribution in [2.45, 2.75) is 32.4 Å². The van der Waals surface area contributed by atoms with Gasteiger partial charge in [-0.1, -0.05) is 60.7 Å². The lowest BCUT2D eigenvalue weighted by Gasteiger charge is -2.23. The molecule has 0 atom stereocenters. The van der Waals surface area contributed by atoms with E-state index in [0.717, 1.165) is 37.3 Å². The molecule has 1 aromatic heterocycles. The molecule has 5 nitrogen and oxygen atoms in total. The average molecular weight is 372 g/mol. The highest BCUT2D eigenvalue weighted by molar-refractivity contribution is 5.93. The van der Waals surface area contributed by atoms with Crippen molar-refractivity contribution in [1.82, 2.24) is 15.3 Å². The van der Waals surface area contributed by atoms with Crippen LogP contribution in [0.15, 0.2) is 66.7 Å². The third kappa shape index (κ3) is 4.36. The van der Waals surface area contributed by atoms with Crippen LogP contribution in [-0.4, -0.2) is 28.5 Å². The lowest BCUT2D eigenvalue weighted by molar-refractivity contribution is 0.0946. The van der Waals surface area contributed by atoms with E-state index in [1.807, 2.05) is 48.5 Å². The maximum absolute atomic E-state index is 12.7. The summed E-state index contributed by atoms with van der Waals surface area (Å²) < 4.78 is 0. The summed E-state index contributed by atoms with van der Waals surface area (Å²) in [4.78, 5) is 24.2. The summed E-state index contributed by atoms with van der Waals surface area (Å²) in [6, 6.07) is 22.2. The number of nitrogens with zero attached hydrogens (tertiary/aromatic N) is 3. The number of rotatable bonds is 7. The van der Waals surface area contributed by atoms with E-state index in [0.29, 0.717) is 11.5 Å². The first kappa shape index (κ1) is 18.2.